The molecule has 0 spiro atoms. The van der Waals surface area contributed by atoms with Gasteiger partial charge in [-0.15, -0.1) is 0 Å². The molecule has 1 amide bonds. The second-order valence-corrected chi connectivity index (χ2v) is 6.96. The Morgan fingerprint density at radius 1 is 1.25 bits per heavy atom. The number of nitrogens with zero attached hydrogens (tertiary/aromatic N) is 1. The van der Waals surface area contributed by atoms with Crippen LogP contribution in [0.4, 0.5) is 0 Å². The third-order valence-electron chi connectivity index (χ3n) is 3.74. The molecule has 0 saturated carbocycles. The van der Waals surface area contributed by atoms with Crippen molar-refractivity contribution in [3.8, 4) is 0 Å². The molecule has 6 heteroatoms. The first-order valence-corrected chi connectivity index (χ1v) is 8.28. The lowest BCUT2D eigenvalue weighted by Crippen LogP contribution is -2.42. The van der Waals surface area contributed by atoms with Crippen molar-refractivity contribution in [2.75, 3.05) is 13.6 Å². The molecule has 1 aliphatic heterocycles. The van der Waals surface area contributed by atoms with Crippen molar-refractivity contribution in [2.24, 2.45) is 0 Å². The van der Waals surface area contributed by atoms with Gasteiger partial charge in [0.2, 0.25) is 10.0 Å². The van der Waals surface area contributed by atoms with Crippen molar-refractivity contribution in [1.82, 2.24) is 9.62 Å². The van der Waals surface area contributed by atoms with Gasteiger partial charge in [0.1, 0.15) is 0 Å². The maximum Gasteiger partial charge on any atom is 0.254 e. The first-order chi connectivity index (χ1) is 9.45. The second-order valence-electron chi connectivity index (χ2n) is 5.08. The summed E-state index contributed by atoms with van der Waals surface area (Å²) in [6.07, 6.45) is 3.21. The van der Waals surface area contributed by atoms with E-state index in [9.17, 15) is 13.2 Å². The topological polar surface area (TPSA) is 66.5 Å². The van der Waals surface area contributed by atoms with E-state index in [1.165, 1.54) is 19.2 Å². The van der Waals surface area contributed by atoms with Crippen LogP contribution in [-0.4, -0.2) is 38.9 Å². The zero-order valence-electron chi connectivity index (χ0n) is 11.8. The molecule has 5 nitrogen and oxygen atoms in total. The first-order valence-electron chi connectivity index (χ1n) is 6.80. The molecule has 2 rings (SSSR count). The summed E-state index contributed by atoms with van der Waals surface area (Å²) in [7, 11) is -2.09. The van der Waals surface area contributed by atoms with Crippen LogP contribution in [0, 0.1) is 0 Å². The maximum absolute atomic E-state index is 12.4. The summed E-state index contributed by atoms with van der Waals surface area (Å²) in [5.74, 6) is -0.0226. The summed E-state index contributed by atoms with van der Waals surface area (Å²) >= 11 is 0. The van der Waals surface area contributed by atoms with Gasteiger partial charge in [-0.3, -0.25) is 4.79 Å². The maximum atomic E-state index is 12.4. The fourth-order valence-corrected chi connectivity index (χ4v) is 3.19. The van der Waals surface area contributed by atoms with Gasteiger partial charge >= 0.3 is 0 Å². The summed E-state index contributed by atoms with van der Waals surface area (Å²) in [6, 6.07) is 6.33. The normalized spacial score (nSPS) is 19.9. The van der Waals surface area contributed by atoms with Crippen LogP contribution in [0.15, 0.2) is 29.2 Å². The number of likely N-dealkylation sites (tertiary alicyclic amines) is 1. The molecule has 110 valence electrons. The number of nitrogens with one attached hydrogen (secondary N) is 1. The predicted molar refractivity (Wildman–Crippen MR) is 77.0 cm³/mol. The van der Waals surface area contributed by atoms with Gasteiger partial charge in [-0.2, -0.15) is 0 Å². The van der Waals surface area contributed by atoms with Gasteiger partial charge in [-0.05, 0) is 57.5 Å². The summed E-state index contributed by atoms with van der Waals surface area (Å²) in [5.41, 5.74) is 0.536. The molecule has 1 saturated heterocycles. The van der Waals surface area contributed by atoms with E-state index in [2.05, 4.69) is 11.6 Å². The van der Waals surface area contributed by atoms with Crippen LogP contribution >= 0.6 is 0 Å². The minimum absolute atomic E-state index is 0.0226. The van der Waals surface area contributed by atoms with Crippen molar-refractivity contribution >= 4 is 15.9 Å². The van der Waals surface area contributed by atoms with Crippen molar-refractivity contribution in [2.45, 2.75) is 37.1 Å². The van der Waals surface area contributed by atoms with Gasteiger partial charge in [0.25, 0.3) is 5.91 Å². The van der Waals surface area contributed by atoms with E-state index in [-0.39, 0.29) is 16.8 Å². The second kappa shape index (κ2) is 5.93. The minimum Gasteiger partial charge on any atom is -0.336 e. The summed E-state index contributed by atoms with van der Waals surface area (Å²) in [5, 5.41) is 0. The number of piperidine rings is 1. The van der Waals surface area contributed by atoms with Crippen molar-refractivity contribution in [3.63, 3.8) is 0 Å². The van der Waals surface area contributed by atoms with Gasteiger partial charge in [-0.25, -0.2) is 13.1 Å². The molecule has 1 unspecified atom stereocenters. The smallest absolute Gasteiger partial charge is 0.254 e. The Kier molecular flexibility index (Phi) is 4.45. The van der Waals surface area contributed by atoms with Gasteiger partial charge < -0.3 is 4.90 Å². The molecule has 1 fully saturated rings. The highest BCUT2D eigenvalue weighted by atomic mass is 32.2. The van der Waals surface area contributed by atoms with Crippen LogP contribution in [-0.2, 0) is 10.0 Å². The Labute approximate surface area is 120 Å². The largest absolute Gasteiger partial charge is 0.336 e. The molecule has 1 heterocycles. The number of benzene rings is 1. The van der Waals surface area contributed by atoms with Gasteiger partial charge in [-0.1, -0.05) is 0 Å². The quantitative estimate of drug-likeness (QED) is 0.921. The molecule has 1 atom stereocenters. The number of amides is 1. The third kappa shape index (κ3) is 3.02. The number of rotatable bonds is 3. The highest BCUT2D eigenvalue weighted by Crippen LogP contribution is 2.20. The van der Waals surface area contributed by atoms with E-state index in [4.69, 9.17) is 0 Å². The molecular formula is C14H20N2O3S. The lowest BCUT2D eigenvalue weighted by atomic mass is 10.0. The van der Waals surface area contributed by atoms with Crippen molar-refractivity contribution < 1.29 is 13.2 Å². The SMILES string of the molecule is CNS(=O)(=O)c1ccc(C(=O)N2CCCCC2C)cc1. The van der Waals surface area contributed by atoms with Crippen molar-refractivity contribution in [1.29, 1.82) is 0 Å². The summed E-state index contributed by atoms with van der Waals surface area (Å²) < 4.78 is 25.5. The van der Waals surface area contributed by atoms with Crippen LogP contribution in [0.2, 0.25) is 0 Å². The summed E-state index contributed by atoms with van der Waals surface area (Å²) in [6.45, 7) is 2.83. The zero-order chi connectivity index (χ0) is 14.8. The van der Waals surface area contributed by atoms with E-state index in [1.807, 2.05) is 4.90 Å². The van der Waals surface area contributed by atoms with Gasteiger partial charge in [0, 0.05) is 18.2 Å². The molecule has 1 aromatic carbocycles. The number of carbonyl (C=O) groups excluding carboxylic acids is 1. The van der Waals surface area contributed by atoms with E-state index in [0.29, 0.717) is 5.56 Å². The van der Waals surface area contributed by atoms with E-state index in [0.717, 1.165) is 25.8 Å². The average Bonchev–Trinajstić information content (AvgIpc) is 2.47. The third-order valence-corrected chi connectivity index (χ3v) is 5.17. The predicted octanol–water partition coefficient (Wildman–Crippen LogP) is 1.61. The highest BCUT2D eigenvalue weighted by molar-refractivity contribution is 7.89. The van der Waals surface area contributed by atoms with Crippen LogP contribution in [0.3, 0.4) is 0 Å². The Morgan fingerprint density at radius 3 is 2.45 bits per heavy atom. The van der Waals surface area contributed by atoms with Gasteiger partial charge in [0.05, 0.1) is 4.90 Å². The van der Waals surface area contributed by atoms with E-state index < -0.39 is 10.0 Å². The lowest BCUT2D eigenvalue weighted by Gasteiger charge is -2.33. The number of hydrogen-bond donors (Lipinski definition) is 1. The number of sulfonamides is 1. The molecule has 0 radical (unpaired) electrons. The fourth-order valence-electron chi connectivity index (χ4n) is 2.46. The molecule has 0 bridgehead atoms. The Bertz CT molecular complexity index is 581. The molecule has 1 aromatic rings. The Hall–Kier alpha value is -1.40. The van der Waals surface area contributed by atoms with E-state index >= 15 is 0 Å². The Balaban J connectivity index is 2.19. The molecule has 0 aromatic heterocycles. The standard InChI is InChI=1S/C14H20N2O3S/c1-11-5-3-4-10-16(11)14(17)12-6-8-13(9-7-12)20(18,19)15-2/h6-9,11,15H,3-5,10H2,1-2H3. The monoisotopic (exact) mass is 296 g/mol. The first kappa shape index (κ1) is 15.0. The molecule has 1 aliphatic rings. The number of carbonyl (C=O) groups is 1. The van der Waals surface area contributed by atoms with Crippen LogP contribution in [0.1, 0.15) is 36.5 Å². The average molecular weight is 296 g/mol. The van der Waals surface area contributed by atoms with Crippen LogP contribution in [0.25, 0.3) is 0 Å². The zero-order valence-corrected chi connectivity index (χ0v) is 12.6. The molecule has 1 N–H and O–H groups in total. The van der Waals surface area contributed by atoms with Crippen LogP contribution < -0.4 is 4.72 Å². The van der Waals surface area contributed by atoms with Crippen molar-refractivity contribution in [3.05, 3.63) is 29.8 Å². The van der Waals surface area contributed by atoms with Crippen LogP contribution in [0.5, 0.6) is 0 Å². The van der Waals surface area contributed by atoms with Gasteiger partial charge in [0.15, 0.2) is 0 Å². The van der Waals surface area contributed by atoms with E-state index in [1.54, 1.807) is 12.1 Å². The summed E-state index contributed by atoms with van der Waals surface area (Å²) in [4.78, 5) is 14.4. The molecule has 20 heavy (non-hydrogen) atoms. The minimum atomic E-state index is -3.45. The highest BCUT2D eigenvalue weighted by Gasteiger charge is 2.24. The number of hydrogen-bond acceptors (Lipinski definition) is 3. The lowest BCUT2D eigenvalue weighted by molar-refractivity contribution is 0.0635. The Morgan fingerprint density at radius 2 is 1.90 bits per heavy atom. The molecule has 0 aliphatic carbocycles. The fraction of sp³-hybridized carbons (Fsp3) is 0.500. The molecular weight excluding hydrogens is 276 g/mol.